The van der Waals surface area contributed by atoms with E-state index in [1.165, 1.54) is 0 Å². The molecule has 0 radical (unpaired) electrons. The Morgan fingerprint density at radius 3 is 3.00 bits per heavy atom. The van der Waals surface area contributed by atoms with E-state index in [1.54, 1.807) is 0 Å². The van der Waals surface area contributed by atoms with Crippen LogP contribution in [0.25, 0.3) is 0 Å². The molecule has 1 aliphatic heterocycles. The molecule has 1 atom stereocenters. The zero-order chi connectivity index (χ0) is 10.1. The van der Waals surface area contributed by atoms with E-state index in [9.17, 15) is 0 Å². The normalized spacial score (nSPS) is 20.4. The van der Waals surface area contributed by atoms with Crippen molar-refractivity contribution in [2.45, 2.75) is 6.04 Å². The second kappa shape index (κ2) is 3.79. The summed E-state index contributed by atoms with van der Waals surface area (Å²) < 4.78 is 1.02. The standard InChI is InChI=1S/C9H9BrClN3/c10-7-2-1-5(11)3-6(7)8-4-13-9(12)14-8/h1-3,8H,4H2,(H3,12,13,14). The van der Waals surface area contributed by atoms with Crippen molar-refractivity contribution in [2.75, 3.05) is 6.54 Å². The van der Waals surface area contributed by atoms with Gasteiger partial charge in [-0.05, 0) is 23.8 Å². The second-order valence-electron chi connectivity index (χ2n) is 3.09. The van der Waals surface area contributed by atoms with Crippen LogP contribution in [-0.4, -0.2) is 12.5 Å². The van der Waals surface area contributed by atoms with Crippen LogP contribution < -0.4 is 11.1 Å². The summed E-state index contributed by atoms with van der Waals surface area (Å²) in [6, 6.07) is 5.81. The second-order valence-corrected chi connectivity index (χ2v) is 4.38. The zero-order valence-corrected chi connectivity index (χ0v) is 9.64. The lowest BCUT2D eigenvalue weighted by Crippen LogP contribution is -2.29. The number of rotatable bonds is 1. The molecule has 0 bridgehead atoms. The van der Waals surface area contributed by atoms with Crippen molar-refractivity contribution in [3.8, 4) is 0 Å². The third kappa shape index (κ3) is 1.86. The highest BCUT2D eigenvalue weighted by Crippen LogP contribution is 2.28. The SMILES string of the molecule is NC1=NCC(c2cc(Cl)ccc2Br)N1. The third-order valence-electron chi connectivity index (χ3n) is 2.10. The Morgan fingerprint density at radius 2 is 2.36 bits per heavy atom. The van der Waals surface area contributed by atoms with Crippen molar-refractivity contribution in [1.29, 1.82) is 0 Å². The molecule has 0 spiro atoms. The summed E-state index contributed by atoms with van der Waals surface area (Å²) in [7, 11) is 0. The summed E-state index contributed by atoms with van der Waals surface area (Å²) in [6.07, 6.45) is 0. The maximum Gasteiger partial charge on any atom is 0.189 e. The lowest BCUT2D eigenvalue weighted by Gasteiger charge is -2.13. The Labute approximate surface area is 95.5 Å². The zero-order valence-electron chi connectivity index (χ0n) is 7.30. The molecule has 0 fully saturated rings. The fourth-order valence-electron chi connectivity index (χ4n) is 1.42. The van der Waals surface area contributed by atoms with Gasteiger partial charge in [0, 0.05) is 9.50 Å². The van der Waals surface area contributed by atoms with Crippen LogP contribution in [0.1, 0.15) is 11.6 Å². The predicted octanol–water partition coefficient (Wildman–Crippen LogP) is 2.06. The first-order chi connectivity index (χ1) is 6.66. The first kappa shape index (κ1) is 9.80. The molecular formula is C9H9BrClN3. The van der Waals surface area contributed by atoms with Gasteiger partial charge >= 0.3 is 0 Å². The van der Waals surface area contributed by atoms with Gasteiger partial charge in [0.1, 0.15) is 0 Å². The van der Waals surface area contributed by atoms with E-state index >= 15 is 0 Å². The lowest BCUT2D eigenvalue weighted by molar-refractivity contribution is 0.704. The maximum atomic E-state index is 5.91. The minimum absolute atomic E-state index is 0.128. The molecular weight excluding hydrogens is 265 g/mol. The first-order valence-electron chi connectivity index (χ1n) is 4.18. The summed E-state index contributed by atoms with van der Waals surface area (Å²) in [5.74, 6) is 0.488. The highest BCUT2D eigenvalue weighted by Gasteiger charge is 2.19. The average Bonchev–Trinajstić information content (AvgIpc) is 2.56. The fraction of sp³-hybridized carbons (Fsp3) is 0.222. The van der Waals surface area contributed by atoms with Crippen LogP contribution in [-0.2, 0) is 0 Å². The number of nitrogens with zero attached hydrogens (tertiary/aromatic N) is 1. The molecule has 0 saturated carbocycles. The van der Waals surface area contributed by atoms with E-state index in [0.29, 0.717) is 12.5 Å². The summed E-state index contributed by atoms with van der Waals surface area (Å²) in [4.78, 5) is 4.08. The van der Waals surface area contributed by atoms with Gasteiger partial charge in [-0.3, -0.25) is 4.99 Å². The minimum atomic E-state index is 0.128. The molecule has 3 nitrogen and oxygen atoms in total. The summed E-state index contributed by atoms with van der Waals surface area (Å²) >= 11 is 9.38. The molecule has 0 saturated heterocycles. The third-order valence-corrected chi connectivity index (χ3v) is 3.06. The van der Waals surface area contributed by atoms with Crippen molar-refractivity contribution < 1.29 is 0 Å². The van der Waals surface area contributed by atoms with Crippen LogP contribution >= 0.6 is 27.5 Å². The van der Waals surface area contributed by atoms with E-state index in [1.807, 2.05) is 18.2 Å². The highest BCUT2D eigenvalue weighted by atomic mass is 79.9. The van der Waals surface area contributed by atoms with Gasteiger partial charge in [0.15, 0.2) is 5.96 Å². The number of halogens is 2. The average molecular weight is 275 g/mol. The Balaban J connectivity index is 2.28. The van der Waals surface area contributed by atoms with Crippen LogP contribution in [0.15, 0.2) is 27.7 Å². The van der Waals surface area contributed by atoms with E-state index in [0.717, 1.165) is 15.1 Å². The van der Waals surface area contributed by atoms with Gasteiger partial charge in [0.05, 0.1) is 12.6 Å². The number of benzene rings is 1. The fourth-order valence-corrected chi connectivity index (χ4v) is 2.12. The molecule has 14 heavy (non-hydrogen) atoms. The molecule has 0 aliphatic carbocycles. The Hall–Kier alpha value is -0.740. The summed E-state index contributed by atoms with van der Waals surface area (Å²) in [6.45, 7) is 0.658. The number of hydrogen-bond donors (Lipinski definition) is 2. The van der Waals surface area contributed by atoms with E-state index in [2.05, 4.69) is 26.2 Å². The van der Waals surface area contributed by atoms with Gasteiger partial charge < -0.3 is 11.1 Å². The molecule has 1 aromatic rings. The number of aliphatic imine (C=N–C) groups is 1. The minimum Gasteiger partial charge on any atom is -0.370 e. The highest BCUT2D eigenvalue weighted by molar-refractivity contribution is 9.10. The largest absolute Gasteiger partial charge is 0.370 e. The van der Waals surface area contributed by atoms with Crippen LogP contribution in [0, 0.1) is 0 Å². The molecule has 1 unspecified atom stereocenters. The van der Waals surface area contributed by atoms with Gasteiger partial charge in [-0.1, -0.05) is 27.5 Å². The Morgan fingerprint density at radius 1 is 1.57 bits per heavy atom. The van der Waals surface area contributed by atoms with Crippen LogP contribution in [0.2, 0.25) is 5.02 Å². The molecule has 0 amide bonds. The number of nitrogens with one attached hydrogen (secondary N) is 1. The van der Waals surface area contributed by atoms with Gasteiger partial charge in [-0.25, -0.2) is 0 Å². The topological polar surface area (TPSA) is 50.4 Å². The van der Waals surface area contributed by atoms with E-state index < -0.39 is 0 Å². The Bertz CT molecular complexity index is 392. The van der Waals surface area contributed by atoms with Crippen molar-refractivity contribution in [2.24, 2.45) is 10.7 Å². The van der Waals surface area contributed by atoms with Crippen LogP contribution in [0.4, 0.5) is 0 Å². The summed E-state index contributed by atoms with van der Waals surface area (Å²) in [5.41, 5.74) is 6.63. The number of guanidine groups is 1. The van der Waals surface area contributed by atoms with Crippen molar-refractivity contribution >= 4 is 33.5 Å². The molecule has 1 heterocycles. The predicted molar refractivity (Wildman–Crippen MR) is 61.5 cm³/mol. The maximum absolute atomic E-state index is 5.91. The molecule has 3 N–H and O–H groups in total. The first-order valence-corrected chi connectivity index (χ1v) is 5.35. The van der Waals surface area contributed by atoms with Crippen LogP contribution in [0.5, 0.6) is 0 Å². The molecule has 1 aliphatic rings. The smallest absolute Gasteiger partial charge is 0.189 e. The van der Waals surface area contributed by atoms with Gasteiger partial charge in [0.25, 0.3) is 0 Å². The molecule has 0 aromatic heterocycles. The molecule has 5 heteroatoms. The quantitative estimate of drug-likeness (QED) is 0.823. The summed E-state index contributed by atoms with van der Waals surface area (Å²) in [5, 5.41) is 3.80. The molecule has 1 aromatic carbocycles. The van der Waals surface area contributed by atoms with Crippen molar-refractivity contribution in [3.05, 3.63) is 33.3 Å². The van der Waals surface area contributed by atoms with Gasteiger partial charge in [0.2, 0.25) is 0 Å². The molecule has 2 rings (SSSR count). The van der Waals surface area contributed by atoms with Crippen LogP contribution in [0.3, 0.4) is 0 Å². The molecule has 74 valence electrons. The van der Waals surface area contributed by atoms with Crippen molar-refractivity contribution in [1.82, 2.24) is 5.32 Å². The van der Waals surface area contributed by atoms with Gasteiger partial charge in [-0.15, -0.1) is 0 Å². The lowest BCUT2D eigenvalue weighted by atomic mass is 10.1. The van der Waals surface area contributed by atoms with E-state index in [-0.39, 0.29) is 6.04 Å². The van der Waals surface area contributed by atoms with Crippen molar-refractivity contribution in [3.63, 3.8) is 0 Å². The monoisotopic (exact) mass is 273 g/mol. The Kier molecular flexibility index (Phi) is 2.65. The number of nitrogens with two attached hydrogens (primary N) is 1. The number of hydrogen-bond acceptors (Lipinski definition) is 3. The van der Waals surface area contributed by atoms with E-state index in [4.69, 9.17) is 17.3 Å². The van der Waals surface area contributed by atoms with Gasteiger partial charge in [-0.2, -0.15) is 0 Å².